The van der Waals surface area contributed by atoms with Crippen molar-refractivity contribution in [2.45, 2.75) is 32.2 Å². The molecule has 2 bridgehead atoms. The summed E-state index contributed by atoms with van der Waals surface area (Å²) in [7, 11) is 0. The molecule has 2 aromatic heterocycles. The van der Waals surface area contributed by atoms with Gasteiger partial charge in [-0.3, -0.25) is 0 Å². The van der Waals surface area contributed by atoms with Crippen LogP contribution in [0.1, 0.15) is 25.1 Å². The van der Waals surface area contributed by atoms with Crippen LogP contribution >= 0.6 is 0 Å². The van der Waals surface area contributed by atoms with Gasteiger partial charge in [-0.2, -0.15) is 4.98 Å². The fourth-order valence-electron chi connectivity index (χ4n) is 3.38. The van der Waals surface area contributed by atoms with Crippen LogP contribution in [0.15, 0.2) is 22.9 Å². The number of hydrogen-bond donors (Lipinski definition) is 0. The lowest BCUT2D eigenvalue weighted by Gasteiger charge is -2.29. The van der Waals surface area contributed by atoms with Crippen molar-refractivity contribution in [3.8, 4) is 11.5 Å². The second kappa shape index (κ2) is 4.05. The Bertz CT molecular complexity index is 609. The summed E-state index contributed by atoms with van der Waals surface area (Å²) in [6.45, 7) is 2.95. The SMILES string of the molecule is Cc1noc(-c2cccnc2N2CC3CCC2C3)n1. The topological polar surface area (TPSA) is 55.1 Å². The van der Waals surface area contributed by atoms with E-state index in [2.05, 4.69) is 20.0 Å². The summed E-state index contributed by atoms with van der Waals surface area (Å²) < 4.78 is 5.30. The number of aromatic nitrogens is 3. The van der Waals surface area contributed by atoms with Crippen LogP contribution in [0.5, 0.6) is 0 Å². The van der Waals surface area contributed by atoms with E-state index < -0.39 is 0 Å². The minimum absolute atomic E-state index is 0.573. The molecule has 2 atom stereocenters. The summed E-state index contributed by atoms with van der Waals surface area (Å²) in [4.78, 5) is 11.3. The molecule has 0 radical (unpaired) electrons. The highest BCUT2D eigenvalue weighted by atomic mass is 16.5. The Morgan fingerprint density at radius 3 is 3.00 bits per heavy atom. The largest absolute Gasteiger partial charge is 0.353 e. The standard InChI is InChI=1S/C14H16N4O/c1-9-16-14(19-17-9)12-3-2-6-15-13(12)18-8-10-4-5-11(18)7-10/h2-3,6,10-11H,4-5,7-8H2,1H3. The second-order valence-corrected chi connectivity index (χ2v) is 5.51. The molecule has 2 unspecified atom stereocenters. The van der Waals surface area contributed by atoms with Gasteiger partial charge in [-0.1, -0.05) is 5.16 Å². The maximum absolute atomic E-state index is 5.30. The van der Waals surface area contributed by atoms with Gasteiger partial charge in [0, 0.05) is 18.8 Å². The molecule has 1 aliphatic heterocycles. The van der Waals surface area contributed by atoms with Crippen molar-refractivity contribution in [2.24, 2.45) is 5.92 Å². The van der Waals surface area contributed by atoms with Crippen LogP contribution in [0, 0.1) is 12.8 Å². The summed E-state index contributed by atoms with van der Waals surface area (Å²) in [6, 6.07) is 4.58. The zero-order valence-corrected chi connectivity index (χ0v) is 10.9. The maximum atomic E-state index is 5.30. The molecule has 1 saturated heterocycles. The van der Waals surface area contributed by atoms with E-state index in [1.165, 1.54) is 19.3 Å². The van der Waals surface area contributed by atoms with Crippen LogP contribution in [0.3, 0.4) is 0 Å². The first-order valence-electron chi connectivity index (χ1n) is 6.83. The highest BCUT2D eigenvalue weighted by Crippen LogP contribution is 2.42. The van der Waals surface area contributed by atoms with Gasteiger partial charge in [-0.05, 0) is 44.2 Å². The molecule has 0 N–H and O–H groups in total. The lowest BCUT2D eigenvalue weighted by Crippen LogP contribution is -2.32. The fraction of sp³-hybridized carbons (Fsp3) is 0.500. The number of rotatable bonds is 2. The van der Waals surface area contributed by atoms with Crippen LogP contribution < -0.4 is 4.90 Å². The van der Waals surface area contributed by atoms with E-state index in [0.717, 1.165) is 23.8 Å². The summed E-state index contributed by atoms with van der Waals surface area (Å²) in [5.41, 5.74) is 0.954. The highest BCUT2D eigenvalue weighted by Gasteiger charge is 2.39. The molecular formula is C14H16N4O. The lowest BCUT2D eigenvalue weighted by atomic mass is 10.1. The Hall–Kier alpha value is -1.91. The van der Waals surface area contributed by atoms with Gasteiger partial charge in [0.1, 0.15) is 5.82 Å². The number of nitrogens with zero attached hydrogens (tertiary/aromatic N) is 4. The third kappa shape index (κ3) is 1.72. The summed E-state index contributed by atoms with van der Waals surface area (Å²) >= 11 is 0. The van der Waals surface area contributed by atoms with Gasteiger partial charge in [0.25, 0.3) is 5.89 Å². The summed E-state index contributed by atoms with van der Waals surface area (Å²) in [5, 5.41) is 3.88. The smallest absolute Gasteiger partial charge is 0.261 e. The zero-order valence-electron chi connectivity index (χ0n) is 10.9. The normalized spacial score (nSPS) is 25.2. The van der Waals surface area contributed by atoms with Crippen molar-refractivity contribution in [1.82, 2.24) is 15.1 Å². The molecule has 19 heavy (non-hydrogen) atoms. The van der Waals surface area contributed by atoms with Crippen LogP contribution in [0.25, 0.3) is 11.5 Å². The summed E-state index contributed by atoms with van der Waals surface area (Å²) in [6.07, 6.45) is 5.79. The molecule has 0 amide bonds. The Morgan fingerprint density at radius 2 is 2.32 bits per heavy atom. The molecule has 2 fully saturated rings. The highest BCUT2D eigenvalue weighted by molar-refractivity contribution is 5.70. The lowest BCUT2D eigenvalue weighted by molar-refractivity contribution is 0.425. The van der Waals surface area contributed by atoms with Crippen molar-refractivity contribution in [1.29, 1.82) is 0 Å². The number of piperidine rings is 1. The van der Waals surface area contributed by atoms with Crippen molar-refractivity contribution in [3.63, 3.8) is 0 Å². The van der Waals surface area contributed by atoms with Gasteiger partial charge < -0.3 is 9.42 Å². The number of anilines is 1. The Balaban J connectivity index is 1.76. The Kier molecular flexibility index (Phi) is 2.33. The molecule has 5 heteroatoms. The average Bonchev–Trinajstić information content (AvgIpc) is 3.14. The third-order valence-electron chi connectivity index (χ3n) is 4.23. The Labute approximate surface area is 111 Å². The summed E-state index contributed by atoms with van der Waals surface area (Å²) in [5.74, 6) is 3.07. The van der Waals surface area contributed by atoms with Crippen LogP contribution in [0.2, 0.25) is 0 Å². The fourth-order valence-corrected chi connectivity index (χ4v) is 3.38. The molecule has 1 aliphatic carbocycles. The predicted octanol–water partition coefficient (Wildman–Crippen LogP) is 2.43. The van der Waals surface area contributed by atoms with Crippen LogP contribution in [0.4, 0.5) is 5.82 Å². The molecule has 98 valence electrons. The van der Waals surface area contributed by atoms with Gasteiger partial charge >= 0.3 is 0 Å². The van der Waals surface area contributed by atoms with Crippen LogP contribution in [-0.2, 0) is 0 Å². The number of hydrogen-bond acceptors (Lipinski definition) is 5. The minimum Gasteiger partial charge on any atom is -0.353 e. The predicted molar refractivity (Wildman–Crippen MR) is 70.7 cm³/mol. The van der Waals surface area contributed by atoms with E-state index in [9.17, 15) is 0 Å². The van der Waals surface area contributed by atoms with E-state index in [-0.39, 0.29) is 0 Å². The van der Waals surface area contributed by atoms with Gasteiger partial charge in [-0.15, -0.1) is 0 Å². The van der Waals surface area contributed by atoms with E-state index in [1.54, 1.807) is 0 Å². The zero-order chi connectivity index (χ0) is 12.8. The molecule has 4 rings (SSSR count). The molecular weight excluding hydrogens is 240 g/mol. The van der Waals surface area contributed by atoms with Crippen LogP contribution in [-0.4, -0.2) is 27.7 Å². The van der Waals surface area contributed by atoms with E-state index in [0.29, 0.717) is 17.8 Å². The molecule has 0 aromatic carbocycles. The first-order valence-corrected chi connectivity index (χ1v) is 6.83. The molecule has 5 nitrogen and oxygen atoms in total. The number of aryl methyl sites for hydroxylation is 1. The molecule has 1 saturated carbocycles. The van der Waals surface area contributed by atoms with Crippen molar-refractivity contribution < 1.29 is 4.52 Å². The van der Waals surface area contributed by atoms with Gasteiger partial charge in [-0.25, -0.2) is 4.98 Å². The van der Waals surface area contributed by atoms with Crippen molar-refractivity contribution >= 4 is 5.82 Å². The van der Waals surface area contributed by atoms with Gasteiger partial charge in [0.05, 0.1) is 5.56 Å². The quantitative estimate of drug-likeness (QED) is 0.826. The molecule has 0 spiro atoms. The van der Waals surface area contributed by atoms with E-state index in [1.807, 2.05) is 25.3 Å². The second-order valence-electron chi connectivity index (χ2n) is 5.51. The van der Waals surface area contributed by atoms with Crippen molar-refractivity contribution in [3.05, 3.63) is 24.2 Å². The first kappa shape index (κ1) is 11.0. The number of fused-ring (bicyclic) bond motifs is 2. The van der Waals surface area contributed by atoms with Crippen molar-refractivity contribution in [2.75, 3.05) is 11.4 Å². The van der Waals surface area contributed by atoms with E-state index >= 15 is 0 Å². The first-order chi connectivity index (χ1) is 9.31. The molecule has 2 aliphatic rings. The van der Waals surface area contributed by atoms with Gasteiger partial charge in [0.15, 0.2) is 5.82 Å². The third-order valence-corrected chi connectivity index (χ3v) is 4.23. The average molecular weight is 256 g/mol. The molecule has 3 heterocycles. The number of pyridine rings is 1. The monoisotopic (exact) mass is 256 g/mol. The Morgan fingerprint density at radius 1 is 1.37 bits per heavy atom. The maximum Gasteiger partial charge on any atom is 0.261 e. The molecule has 2 aromatic rings. The van der Waals surface area contributed by atoms with E-state index in [4.69, 9.17) is 4.52 Å². The minimum atomic E-state index is 0.573. The van der Waals surface area contributed by atoms with Gasteiger partial charge in [0.2, 0.25) is 0 Å².